The van der Waals surface area contributed by atoms with Gasteiger partial charge in [0.05, 0.1) is 22.5 Å². The molecule has 1 aliphatic carbocycles. The number of nitro groups is 1. The van der Waals surface area contributed by atoms with Gasteiger partial charge in [0.2, 0.25) is 0 Å². The second kappa shape index (κ2) is 7.47. The van der Waals surface area contributed by atoms with Crippen LogP contribution in [-0.2, 0) is 19.4 Å². The van der Waals surface area contributed by atoms with Crippen LogP contribution in [0.1, 0.15) is 22.4 Å². The highest BCUT2D eigenvalue weighted by molar-refractivity contribution is 7.18. The van der Waals surface area contributed by atoms with Crippen molar-refractivity contribution < 1.29 is 4.92 Å². The Bertz CT molecular complexity index is 1470. The first kappa shape index (κ1) is 19.7. The normalized spacial score (nSPS) is 12.9. The molecule has 0 unspecified atom stereocenters. The Morgan fingerprint density at radius 2 is 1.87 bits per heavy atom. The van der Waals surface area contributed by atoms with E-state index in [1.807, 2.05) is 0 Å². The van der Waals surface area contributed by atoms with Crippen LogP contribution >= 0.6 is 22.9 Å². The maximum atomic E-state index is 13.5. The lowest BCUT2D eigenvalue weighted by Crippen LogP contribution is -2.39. The summed E-state index contributed by atoms with van der Waals surface area (Å²) in [6.45, 7) is 0.129. The fourth-order valence-corrected chi connectivity index (χ4v) is 5.61. The molecule has 7 nitrogen and oxygen atoms in total. The largest absolute Gasteiger partial charge is 0.337 e. The number of nitrogens with zero attached hydrogens (tertiary/aromatic N) is 3. The molecule has 0 fully saturated rings. The van der Waals surface area contributed by atoms with Crippen molar-refractivity contribution in [2.24, 2.45) is 0 Å². The molecule has 1 aliphatic rings. The molecule has 31 heavy (non-hydrogen) atoms. The van der Waals surface area contributed by atoms with Gasteiger partial charge in [0.15, 0.2) is 0 Å². The van der Waals surface area contributed by atoms with Gasteiger partial charge in [-0.25, -0.2) is 9.36 Å². The first-order valence-corrected chi connectivity index (χ1v) is 10.9. The molecular formula is C22H16ClN3O4S. The minimum Gasteiger partial charge on any atom is -0.279 e. The molecule has 2 aromatic carbocycles. The van der Waals surface area contributed by atoms with Gasteiger partial charge in [-0.3, -0.25) is 19.5 Å². The van der Waals surface area contributed by atoms with Crippen LogP contribution in [0.5, 0.6) is 0 Å². The summed E-state index contributed by atoms with van der Waals surface area (Å²) in [6, 6.07) is 12.8. The second-order valence-corrected chi connectivity index (χ2v) is 8.97. The van der Waals surface area contributed by atoms with E-state index in [0.717, 1.165) is 29.7 Å². The number of benzene rings is 2. The van der Waals surface area contributed by atoms with Crippen LogP contribution in [0.4, 0.5) is 5.69 Å². The van der Waals surface area contributed by atoms with E-state index in [9.17, 15) is 19.7 Å². The average molecular weight is 454 g/mol. The Morgan fingerprint density at radius 1 is 1.10 bits per heavy atom. The lowest BCUT2D eigenvalue weighted by Gasteiger charge is -2.13. The Labute approximate surface area is 184 Å². The smallest absolute Gasteiger partial charge is 0.279 e. The topological polar surface area (TPSA) is 87.1 Å². The van der Waals surface area contributed by atoms with Gasteiger partial charge in [-0.05, 0) is 54.7 Å². The predicted molar refractivity (Wildman–Crippen MR) is 121 cm³/mol. The molecule has 9 heteroatoms. The summed E-state index contributed by atoms with van der Waals surface area (Å²) in [5.41, 5.74) is 1.21. The molecule has 0 amide bonds. The highest BCUT2D eigenvalue weighted by atomic mass is 35.5. The van der Waals surface area contributed by atoms with Crippen molar-refractivity contribution in [2.75, 3.05) is 0 Å². The van der Waals surface area contributed by atoms with Crippen LogP contribution in [0.15, 0.2) is 58.1 Å². The molecule has 0 radical (unpaired) electrons. The monoisotopic (exact) mass is 453 g/mol. The molecule has 0 aliphatic heterocycles. The molecule has 156 valence electrons. The molecule has 0 saturated carbocycles. The quantitative estimate of drug-likeness (QED) is 0.340. The summed E-state index contributed by atoms with van der Waals surface area (Å²) in [6.07, 6.45) is 2.68. The fraction of sp³-hybridized carbons (Fsp3) is 0.182. The van der Waals surface area contributed by atoms with Crippen LogP contribution in [0, 0.1) is 10.1 Å². The van der Waals surface area contributed by atoms with Crippen LogP contribution in [0.3, 0.4) is 0 Å². The molecule has 0 saturated heterocycles. The van der Waals surface area contributed by atoms with Crippen molar-refractivity contribution in [1.82, 2.24) is 9.13 Å². The van der Waals surface area contributed by atoms with Crippen molar-refractivity contribution in [3.05, 3.63) is 101 Å². The Kier molecular flexibility index (Phi) is 4.75. The van der Waals surface area contributed by atoms with E-state index in [4.69, 9.17) is 11.6 Å². The van der Waals surface area contributed by atoms with Crippen LogP contribution < -0.4 is 11.2 Å². The van der Waals surface area contributed by atoms with Gasteiger partial charge >= 0.3 is 5.69 Å². The van der Waals surface area contributed by atoms with Crippen molar-refractivity contribution in [3.8, 4) is 5.69 Å². The highest BCUT2D eigenvalue weighted by Crippen LogP contribution is 2.35. The van der Waals surface area contributed by atoms with E-state index in [-0.39, 0.29) is 17.8 Å². The molecule has 2 aromatic heterocycles. The molecule has 0 spiro atoms. The summed E-state index contributed by atoms with van der Waals surface area (Å²) in [4.78, 5) is 39.4. The lowest BCUT2D eigenvalue weighted by atomic mass is 10.1. The number of non-ortho nitro benzene ring substituents is 1. The third-order valence-electron chi connectivity index (χ3n) is 5.53. The number of fused-ring (bicyclic) bond motifs is 3. The summed E-state index contributed by atoms with van der Waals surface area (Å²) in [5, 5.41) is 12.2. The Hall–Kier alpha value is -3.23. The average Bonchev–Trinajstić information content (AvgIpc) is 3.34. The van der Waals surface area contributed by atoms with Crippen LogP contribution in [0.25, 0.3) is 15.9 Å². The minimum absolute atomic E-state index is 0.0403. The van der Waals surface area contributed by atoms with E-state index in [1.165, 1.54) is 28.0 Å². The zero-order valence-electron chi connectivity index (χ0n) is 16.2. The zero-order chi connectivity index (χ0) is 21.7. The SMILES string of the molecule is O=c1c2c3c(sc2n(Cc2cccc([N+](=O)[O-])c2)c(=O)n1-c1ccc(Cl)cc1)CCC3. The maximum absolute atomic E-state index is 13.5. The number of rotatable bonds is 4. The van der Waals surface area contributed by atoms with Gasteiger partial charge in [-0.15, -0.1) is 11.3 Å². The first-order valence-electron chi connectivity index (χ1n) is 9.73. The van der Waals surface area contributed by atoms with Crippen molar-refractivity contribution in [1.29, 1.82) is 0 Å². The number of aromatic nitrogens is 2. The Morgan fingerprint density at radius 3 is 2.61 bits per heavy atom. The summed E-state index contributed by atoms with van der Waals surface area (Å²) < 4.78 is 2.72. The lowest BCUT2D eigenvalue weighted by molar-refractivity contribution is -0.384. The van der Waals surface area contributed by atoms with Crippen LogP contribution in [-0.4, -0.2) is 14.1 Å². The van der Waals surface area contributed by atoms with E-state index < -0.39 is 10.6 Å². The van der Waals surface area contributed by atoms with Crippen molar-refractivity contribution >= 4 is 38.8 Å². The fourth-order valence-electron chi connectivity index (χ4n) is 4.11. The van der Waals surface area contributed by atoms with Crippen LogP contribution in [0.2, 0.25) is 5.02 Å². The molecule has 2 heterocycles. The summed E-state index contributed by atoms with van der Waals surface area (Å²) in [7, 11) is 0. The summed E-state index contributed by atoms with van der Waals surface area (Å²) >= 11 is 7.46. The van der Waals surface area contributed by atoms with Crippen molar-refractivity contribution in [2.45, 2.75) is 25.8 Å². The molecular weight excluding hydrogens is 438 g/mol. The van der Waals surface area contributed by atoms with E-state index in [2.05, 4.69) is 0 Å². The van der Waals surface area contributed by atoms with E-state index in [1.54, 1.807) is 41.0 Å². The maximum Gasteiger partial charge on any atom is 0.337 e. The third-order valence-corrected chi connectivity index (χ3v) is 7.10. The van der Waals surface area contributed by atoms with Gasteiger partial charge in [0.25, 0.3) is 11.2 Å². The van der Waals surface area contributed by atoms with Gasteiger partial charge in [0.1, 0.15) is 4.83 Å². The number of thiophene rings is 1. The van der Waals surface area contributed by atoms with Gasteiger partial charge in [-0.1, -0.05) is 23.7 Å². The molecule has 0 bridgehead atoms. The Balaban J connectivity index is 1.79. The van der Waals surface area contributed by atoms with Gasteiger partial charge < -0.3 is 0 Å². The summed E-state index contributed by atoms with van der Waals surface area (Å²) in [5.74, 6) is 0. The van der Waals surface area contributed by atoms with Gasteiger partial charge in [-0.2, -0.15) is 0 Å². The van der Waals surface area contributed by atoms with E-state index >= 15 is 0 Å². The number of nitro benzene ring substituents is 1. The van der Waals surface area contributed by atoms with Gasteiger partial charge in [0, 0.05) is 22.0 Å². The van der Waals surface area contributed by atoms with Crippen molar-refractivity contribution in [3.63, 3.8) is 0 Å². The van der Waals surface area contributed by atoms with E-state index in [0.29, 0.717) is 26.5 Å². The predicted octanol–water partition coefficient (Wildman–Crippen LogP) is 4.31. The standard InChI is InChI=1S/C22H16ClN3O4S/c23-14-7-9-15(10-8-14)25-20(27)19-17-5-2-6-18(17)31-21(19)24(22(25)28)12-13-3-1-4-16(11-13)26(29)30/h1,3-4,7-11H,2,5-6,12H2. The second-order valence-electron chi connectivity index (χ2n) is 7.45. The number of halogens is 1. The molecule has 0 atom stereocenters. The first-order chi connectivity index (χ1) is 14.9. The minimum atomic E-state index is -0.480. The third kappa shape index (κ3) is 3.28. The molecule has 4 aromatic rings. The highest BCUT2D eigenvalue weighted by Gasteiger charge is 2.25. The molecule has 5 rings (SSSR count). The number of hydrogen-bond acceptors (Lipinski definition) is 5. The number of hydrogen-bond donors (Lipinski definition) is 0. The number of aryl methyl sites for hydroxylation is 2. The molecule has 0 N–H and O–H groups in total. The zero-order valence-corrected chi connectivity index (χ0v) is 17.8.